The number of nitrogens with one attached hydrogen (secondary N) is 1. The molecule has 1 aromatic carbocycles. The normalized spacial score (nSPS) is 11.6. The molecule has 16 heavy (non-hydrogen) atoms. The number of rotatable bonds is 3. The van der Waals surface area contributed by atoms with Crippen molar-refractivity contribution in [2.24, 2.45) is 5.14 Å². The Labute approximate surface area is 92.6 Å². The van der Waals surface area contributed by atoms with Crippen LogP contribution in [0.2, 0.25) is 0 Å². The van der Waals surface area contributed by atoms with Crippen LogP contribution in [-0.2, 0) is 16.4 Å². The first-order chi connectivity index (χ1) is 7.55. The molecule has 2 rings (SSSR count). The fourth-order valence-corrected chi connectivity index (χ4v) is 1.68. The van der Waals surface area contributed by atoms with Gasteiger partial charge in [0.15, 0.2) is 0 Å². The summed E-state index contributed by atoms with van der Waals surface area (Å²) in [6, 6.07) is 9.52. The van der Waals surface area contributed by atoms with Gasteiger partial charge in [-0.2, -0.15) is 0 Å². The summed E-state index contributed by atoms with van der Waals surface area (Å²) >= 11 is 0. The summed E-state index contributed by atoms with van der Waals surface area (Å²) in [6.07, 6.45) is 0.489. The molecular weight excluding hydrogens is 228 g/mol. The fraction of sp³-hybridized carbons (Fsp3) is 0.111. The molecule has 84 valence electrons. The van der Waals surface area contributed by atoms with Gasteiger partial charge in [-0.25, -0.2) is 18.5 Å². The topological polar surface area (TPSA) is 102 Å². The number of aromatic amines is 1. The Balaban J connectivity index is 2.22. The Morgan fingerprint density at radius 3 is 2.50 bits per heavy atom. The van der Waals surface area contributed by atoms with Crippen LogP contribution in [0.25, 0.3) is 0 Å². The summed E-state index contributed by atoms with van der Waals surface area (Å²) in [6.45, 7) is 0. The third-order valence-corrected chi connectivity index (χ3v) is 2.67. The molecule has 0 saturated carbocycles. The van der Waals surface area contributed by atoms with Gasteiger partial charge in [0.2, 0.25) is 0 Å². The van der Waals surface area contributed by atoms with Crippen molar-refractivity contribution in [3.63, 3.8) is 0 Å². The Bertz CT molecular complexity index is 577. The Hall–Kier alpha value is -1.73. The van der Waals surface area contributed by atoms with E-state index in [1.165, 1.54) is 0 Å². The first-order valence-corrected chi connectivity index (χ1v) is 6.08. The van der Waals surface area contributed by atoms with Gasteiger partial charge in [0.25, 0.3) is 15.2 Å². The smallest absolute Gasteiger partial charge is 0.262 e. The molecule has 0 unspecified atom stereocenters. The van der Waals surface area contributed by atoms with E-state index < -0.39 is 10.0 Å². The van der Waals surface area contributed by atoms with Gasteiger partial charge in [-0.15, -0.1) is 5.10 Å². The second kappa shape index (κ2) is 4.03. The van der Waals surface area contributed by atoms with E-state index in [1.807, 2.05) is 30.3 Å². The molecule has 3 N–H and O–H groups in total. The lowest BCUT2D eigenvalue weighted by atomic mass is 10.1. The van der Waals surface area contributed by atoms with Crippen molar-refractivity contribution in [2.75, 3.05) is 0 Å². The van der Waals surface area contributed by atoms with E-state index >= 15 is 0 Å². The maximum Gasteiger partial charge on any atom is 0.282 e. The summed E-state index contributed by atoms with van der Waals surface area (Å²) < 4.78 is 21.9. The number of H-pyrrole nitrogens is 1. The molecule has 0 aliphatic rings. The van der Waals surface area contributed by atoms with Crippen molar-refractivity contribution in [1.29, 1.82) is 0 Å². The van der Waals surface area contributed by atoms with Gasteiger partial charge in [0, 0.05) is 6.42 Å². The zero-order valence-corrected chi connectivity index (χ0v) is 9.11. The predicted octanol–water partition coefficient (Wildman–Crippen LogP) is 0.0429. The Morgan fingerprint density at radius 1 is 1.25 bits per heavy atom. The number of hydrogen-bond acceptors (Lipinski definition) is 4. The average Bonchev–Trinajstić information content (AvgIpc) is 2.67. The highest BCUT2D eigenvalue weighted by atomic mass is 32.2. The highest BCUT2D eigenvalue weighted by molar-refractivity contribution is 7.89. The van der Waals surface area contributed by atoms with Gasteiger partial charge >= 0.3 is 0 Å². The number of benzene rings is 1. The maximum atomic E-state index is 10.9. The van der Waals surface area contributed by atoms with E-state index in [1.54, 1.807) is 0 Å². The van der Waals surface area contributed by atoms with E-state index in [2.05, 4.69) is 15.2 Å². The van der Waals surface area contributed by atoms with E-state index in [4.69, 9.17) is 5.14 Å². The van der Waals surface area contributed by atoms with Crippen LogP contribution in [0.15, 0.2) is 35.5 Å². The number of nitrogens with zero attached hydrogens (tertiary/aromatic N) is 2. The molecule has 0 aliphatic carbocycles. The van der Waals surface area contributed by atoms with E-state index in [9.17, 15) is 8.42 Å². The molecule has 0 spiro atoms. The quantitative estimate of drug-likeness (QED) is 0.788. The average molecular weight is 238 g/mol. The standard InChI is InChI=1S/C9H10N4O2S/c10-16(14,15)9-11-8(12-13-9)6-7-4-2-1-3-5-7/h1-5H,6H2,(H2,10,14,15)(H,11,12,13). The van der Waals surface area contributed by atoms with Crippen molar-refractivity contribution >= 4 is 10.0 Å². The van der Waals surface area contributed by atoms with Crippen LogP contribution in [-0.4, -0.2) is 23.6 Å². The first-order valence-electron chi connectivity index (χ1n) is 4.54. The number of aromatic nitrogens is 3. The third kappa shape index (κ3) is 2.44. The minimum Gasteiger partial charge on any atom is -0.262 e. The lowest BCUT2D eigenvalue weighted by Crippen LogP contribution is -2.13. The molecule has 0 fully saturated rings. The minimum atomic E-state index is -3.83. The van der Waals surface area contributed by atoms with Gasteiger partial charge in [-0.05, 0) is 5.56 Å². The molecule has 0 saturated heterocycles. The van der Waals surface area contributed by atoms with Crippen LogP contribution in [0.4, 0.5) is 0 Å². The molecule has 7 heteroatoms. The number of nitrogens with two attached hydrogens (primary N) is 1. The predicted molar refractivity (Wildman–Crippen MR) is 57.0 cm³/mol. The number of hydrogen-bond donors (Lipinski definition) is 2. The number of primary sulfonamides is 1. The van der Waals surface area contributed by atoms with Crippen LogP contribution < -0.4 is 5.14 Å². The van der Waals surface area contributed by atoms with E-state index in [0.29, 0.717) is 12.2 Å². The molecule has 0 aliphatic heterocycles. The second-order valence-electron chi connectivity index (χ2n) is 3.27. The summed E-state index contributed by atoms with van der Waals surface area (Å²) in [5.41, 5.74) is 1.01. The second-order valence-corrected chi connectivity index (χ2v) is 4.73. The molecule has 0 radical (unpaired) electrons. The van der Waals surface area contributed by atoms with Crippen molar-refractivity contribution in [1.82, 2.24) is 15.2 Å². The van der Waals surface area contributed by atoms with Crippen molar-refractivity contribution in [3.05, 3.63) is 41.7 Å². The SMILES string of the molecule is NS(=O)(=O)c1n[nH]c(Cc2ccccc2)n1. The molecule has 2 aromatic rings. The highest BCUT2D eigenvalue weighted by Gasteiger charge is 2.14. The maximum absolute atomic E-state index is 10.9. The molecule has 6 nitrogen and oxygen atoms in total. The van der Waals surface area contributed by atoms with Gasteiger partial charge in [0.1, 0.15) is 5.82 Å². The molecule has 0 atom stereocenters. The van der Waals surface area contributed by atoms with Crippen molar-refractivity contribution in [3.8, 4) is 0 Å². The lowest BCUT2D eigenvalue weighted by Gasteiger charge is -1.95. The zero-order valence-electron chi connectivity index (χ0n) is 8.29. The summed E-state index contributed by atoms with van der Waals surface area (Å²) in [4.78, 5) is 3.80. The Kier molecular flexibility index (Phi) is 2.71. The van der Waals surface area contributed by atoms with Gasteiger partial charge in [-0.1, -0.05) is 30.3 Å². The molecule has 1 aromatic heterocycles. The van der Waals surface area contributed by atoms with Crippen molar-refractivity contribution in [2.45, 2.75) is 11.6 Å². The van der Waals surface area contributed by atoms with E-state index in [-0.39, 0.29) is 5.16 Å². The Morgan fingerprint density at radius 2 is 1.94 bits per heavy atom. The largest absolute Gasteiger partial charge is 0.282 e. The monoisotopic (exact) mass is 238 g/mol. The van der Waals surface area contributed by atoms with Gasteiger partial charge in [0.05, 0.1) is 0 Å². The summed E-state index contributed by atoms with van der Waals surface area (Å²) in [7, 11) is -3.83. The van der Waals surface area contributed by atoms with Crippen LogP contribution in [0.5, 0.6) is 0 Å². The zero-order chi connectivity index (χ0) is 11.6. The summed E-state index contributed by atoms with van der Waals surface area (Å²) in [5.74, 6) is 0.468. The minimum absolute atomic E-state index is 0.376. The lowest BCUT2D eigenvalue weighted by molar-refractivity contribution is 0.589. The van der Waals surface area contributed by atoms with Gasteiger partial charge < -0.3 is 0 Å². The van der Waals surface area contributed by atoms with Crippen molar-refractivity contribution < 1.29 is 8.42 Å². The van der Waals surface area contributed by atoms with Crippen LogP contribution in [0.1, 0.15) is 11.4 Å². The number of sulfonamides is 1. The molecular formula is C9H10N4O2S. The molecule has 0 amide bonds. The van der Waals surface area contributed by atoms with E-state index in [0.717, 1.165) is 5.56 Å². The van der Waals surface area contributed by atoms with Crippen LogP contribution in [0.3, 0.4) is 0 Å². The van der Waals surface area contributed by atoms with Crippen LogP contribution in [0, 0.1) is 0 Å². The molecule has 0 bridgehead atoms. The van der Waals surface area contributed by atoms with Crippen LogP contribution >= 0.6 is 0 Å². The third-order valence-electron chi connectivity index (χ3n) is 1.98. The summed E-state index contributed by atoms with van der Waals surface area (Å²) in [5, 5.41) is 10.6. The molecule has 1 heterocycles. The fourth-order valence-electron chi connectivity index (χ4n) is 1.27. The highest BCUT2D eigenvalue weighted by Crippen LogP contribution is 2.06. The first kappa shape index (κ1) is 10.8. The van der Waals surface area contributed by atoms with Gasteiger partial charge in [-0.3, -0.25) is 5.10 Å².